The quantitative estimate of drug-likeness (QED) is 0.206. The van der Waals surface area contributed by atoms with Gasteiger partial charge in [0.05, 0.1) is 31.3 Å². The van der Waals surface area contributed by atoms with Crippen LogP contribution in [0.15, 0.2) is 34.2 Å². The van der Waals surface area contributed by atoms with E-state index >= 15 is 0 Å². The van der Waals surface area contributed by atoms with Crippen LogP contribution in [0.1, 0.15) is 18.9 Å². The van der Waals surface area contributed by atoms with Crippen LogP contribution in [0, 0.1) is 5.92 Å². The molecular formula is C20H35IN4O4S. The third-order valence-corrected chi connectivity index (χ3v) is 6.75. The molecule has 1 heterocycles. The Labute approximate surface area is 198 Å². The Hall–Kier alpha value is -0.950. The highest BCUT2D eigenvalue weighted by Crippen LogP contribution is 2.20. The first-order valence-electron chi connectivity index (χ1n) is 10.0. The van der Waals surface area contributed by atoms with Gasteiger partial charge in [-0.2, -0.15) is 0 Å². The number of methoxy groups -OCH3 is 1. The van der Waals surface area contributed by atoms with E-state index in [-0.39, 0.29) is 24.0 Å². The standard InChI is InChI=1S/C20H34N4O4S.HI/c1-5-21-20(24-11-10-17(15-24)16-28-13-12-27-4)22-14-18-8-6-7-9-19(18)29(25,26)23(2)3;/h6-9,17H,5,10-16H2,1-4H3,(H,21,22);1H. The van der Waals surface area contributed by atoms with Gasteiger partial charge in [-0.25, -0.2) is 17.7 Å². The molecule has 1 atom stereocenters. The second-order valence-corrected chi connectivity index (χ2v) is 9.35. The van der Waals surface area contributed by atoms with Crippen LogP contribution in [-0.2, 0) is 26.0 Å². The maximum Gasteiger partial charge on any atom is 0.242 e. The van der Waals surface area contributed by atoms with Crippen molar-refractivity contribution >= 4 is 40.0 Å². The highest BCUT2D eigenvalue weighted by atomic mass is 127. The van der Waals surface area contributed by atoms with Gasteiger partial charge in [-0.1, -0.05) is 18.2 Å². The summed E-state index contributed by atoms with van der Waals surface area (Å²) in [5, 5.41) is 3.33. The summed E-state index contributed by atoms with van der Waals surface area (Å²) in [5.41, 5.74) is 0.690. The van der Waals surface area contributed by atoms with Crippen molar-refractivity contribution in [2.75, 3.05) is 60.7 Å². The summed E-state index contributed by atoms with van der Waals surface area (Å²) in [5.74, 6) is 1.26. The van der Waals surface area contributed by atoms with Crippen molar-refractivity contribution in [1.29, 1.82) is 0 Å². The van der Waals surface area contributed by atoms with Gasteiger partial charge >= 0.3 is 0 Å². The van der Waals surface area contributed by atoms with Crippen molar-refractivity contribution in [3.8, 4) is 0 Å². The number of nitrogens with zero attached hydrogens (tertiary/aromatic N) is 3. The minimum atomic E-state index is -3.51. The number of nitrogens with one attached hydrogen (secondary N) is 1. The molecule has 1 aliphatic heterocycles. The first-order valence-corrected chi connectivity index (χ1v) is 11.4. The number of sulfonamides is 1. The fraction of sp³-hybridized carbons (Fsp3) is 0.650. The maximum atomic E-state index is 12.6. The molecule has 30 heavy (non-hydrogen) atoms. The average Bonchev–Trinajstić information content (AvgIpc) is 3.17. The summed E-state index contributed by atoms with van der Waals surface area (Å²) in [6.45, 7) is 6.79. The van der Waals surface area contributed by atoms with Crippen molar-refractivity contribution < 1.29 is 17.9 Å². The molecule has 2 rings (SSSR count). The molecule has 1 N–H and O–H groups in total. The van der Waals surface area contributed by atoms with Crippen LogP contribution in [0.5, 0.6) is 0 Å². The first kappa shape index (κ1) is 27.1. The smallest absolute Gasteiger partial charge is 0.242 e. The zero-order valence-electron chi connectivity index (χ0n) is 18.3. The Kier molecular flexibility index (Phi) is 12.2. The summed E-state index contributed by atoms with van der Waals surface area (Å²) in [7, 11) is 1.24. The Morgan fingerprint density at radius 3 is 2.70 bits per heavy atom. The second-order valence-electron chi connectivity index (χ2n) is 7.23. The maximum absolute atomic E-state index is 12.6. The number of guanidine groups is 1. The van der Waals surface area contributed by atoms with Gasteiger partial charge < -0.3 is 19.7 Å². The fourth-order valence-electron chi connectivity index (χ4n) is 3.22. The lowest BCUT2D eigenvalue weighted by atomic mass is 10.1. The molecule has 0 spiro atoms. The van der Waals surface area contributed by atoms with Crippen molar-refractivity contribution in [1.82, 2.24) is 14.5 Å². The lowest BCUT2D eigenvalue weighted by molar-refractivity contribution is 0.0536. The molecular weight excluding hydrogens is 519 g/mol. The lowest BCUT2D eigenvalue weighted by Gasteiger charge is -2.22. The molecule has 1 aromatic rings. The van der Waals surface area contributed by atoms with Gasteiger partial charge in [0.1, 0.15) is 0 Å². The molecule has 1 fully saturated rings. The van der Waals surface area contributed by atoms with E-state index in [0.29, 0.717) is 42.7 Å². The first-order chi connectivity index (χ1) is 13.9. The lowest BCUT2D eigenvalue weighted by Crippen LogP contribution is -2.40. The highest BCUT2D eigenvalue weighted by Gasteiger charge is 2.25. The molecule has 8 nitrogen and oxygen atoms in total. The van der Waals surface area contributed by atoms with Gasteiger partial charge in [-0.15, -0.1) is 24.0 Å². The number of hydrogen-bond acceptors (Lipinski definition) is 5. The number of halogens is 1. The average molecular weight is 554 g/mol. The van der Waals surface area contributed by atoms with E-state index in [0.717, 1.165) is 32.0 Å². The number of benzene rings is 1. The van der Waals surface area contributed by atoms with Crippen LogP contribution in [0.2, 0.25) is 0 Å². The normalized spacial score (nSPS) is 17.3. The van der Waals surface area contributed by atoms with Gasteiger partial charge in [0.15, 0.2) is 5.96 Å². The third kappa shape index (κ3) is 7.63. The molecule has 0 bridgehead atoms. The van der Waals surface area contributed by atoms with E-state index in [1.54, 1.807) is 33.3 Å². The topological polar surface area (TPSA) is 83.5 Å². The third-order valence-electron chi connectivity index (χ3n) is 4.84. The SMILES string of the molecule is CCNC(=NCc1ccccc1S(=O)(=O)N(C)C)N1CCC(COCCOC)C1.I. The molecule has 1 unspecified atom stereocenters. The number of rotatable bonds is 10. The minimum Gasteiger partial charge on any atom is -0.382 e. The van der Waals surface area contributed by atoms with E-state index in [1.165, 1.54) is 4.31 Å². The molecule has 0 saturated carbocycles. The van der Waals surface area contributed by atoms with Crippen LogP contribution < -0.4 is 5.32 Å². The van der Waals surface area contributed by atoms with Crippen LogP contribution in [0.3, 0.4) is 0 Å². The molecule has 0 aliphatic carbocycles. The summed E-state index contributed by atoms with van der Waals surface area (Å²) >= 11 is 0. The summed E-state index contributed by atoms with van der Waals surface area (Å²) < 4.78 is 37.1. The monoisotopic (exact) mass is 554 g/mol. The van der Waals surface area contributed by atoms with Gasteiger partial charge in [-0.3, -0.25) is 0 Å². The van der Waals surface area contributed by atoms with E-state index in [9.17, 15) is 8.42 Å². The van der Waals surface area contributed by atoms with Crippen LogP contribution >= 0.6 is 24.0 Å². The number of hydrogen-bond donors (Lipinski definition) is 1. The summed E-state index contributed by atoms with van der Waals surface area (Å²) in [4.78, 5) is 7.25. The number of aliphatic imine (C=N–C) groups is 1. The predicted molar refractivity (Wildman–Crippen MR) is 130 cm³/mol. The molecule has 0 aromatic heterocycles. The zero-order valence-corrected chi connectivity index (χ0v) is 21.5. The van der Waals surface area contributed by atoms with Crippen molar-refractivity contribution in [2.24, 2.45) is 10.9 Å². The molecule has 1 saturated heterocycles. The molecule has 172 valence electrons. The molecule has 10 heteroatoms. The van der Waals surface area contributed by atoms with Crippen molar-refractivity contribution in [3.63, 3.8) is 0 Å². The number of ether oxygens (including phenoxy) is 2. The van der Waals surface area contributed by atoms with E-state index in [1.807, 2.05) is 19.1 Å². The Balaban J connectivity index is 0.00000450. The van der Waals surface area contributed by atoms with Crippen LogP contribution in [0.4, 0.5) is 0 Å². The Morgan fingerprint density at radius 2 is 2.03 bits per heavy atom. The molecule has 0 amide bonds. The number of likely N-dealkylation sites (tertiary alicyclic amines) is 1. The van der Waals surface area contributed by atoms with Crippen molar-refractivity contribution in [2.45, 2.75) is 24.8 Å². The van der Waals surface area contributed by atoms with Gasteiger partial charge in [0.25, 0.3) is 0 Å². The Morgan fingerprint density at radius 1 is 1.30 bits per heavy atom. The van der Waals surface area contributed by atoms with Crippen LogP contribution in [-0.4, -0.2) is 84.2 Å². The zero-order chi connectivity index (χ0) is 21.3. The second kappa shape index (κ2) is 13.5. The Bertz CT molecular complexity index is 774. The van der Waals surface area contributed by atoms with Gasteiger partial charge in [0.2, 0.25) is 10.0 Å². The molecule has 1 aromatic carbocycles. The van der Waals surface area contributed by atoms with Gasteiger partial charge in [0, 0.05) is 46.8 Å². The van der Waals surface area contributed by atoms with E-state index in [2.05, 4.69) is 10.2 Å². The van der Waals surface area contributed by atoms with Crippen molar-refractivity contribution in [3.05, 3.63) is 29.8 Å². The summed E-state index contributed by atoms with van der Waals surface area (Å²) in [6.07, 6.45) is 1.04. The minimum absolute atomic E-state index is 0. The largest absolute Gasteiger partial charge is 0.382 e. The molecule has 1 aliphatic rings. The molecule has 0 radical (unpaired) electrons. The summed E-state index contributed by atoms with van der Waals surface area (Å²) in [6, 6.07) is 7.04. The van der Waals surface area contributed by atoms with E-state index in [4.69, 9.17) is 14.5 Å². The highest BCUT2D eigenvalue weighted by molar-refractivity contribution is 14.0. The van der Waals surface area contributed by atoms with E-state index < -0.39 is 10.0 Å². The fourth-order valence-corrected chi connectivity index (χ4v) is 4.33. The predicted octanol–water partition coefficient (Wildman–Crippen LogP) is 2.01. The van der Waals surface area contributed by atoms with Gasteiger partial charge in [-0.05, 0) is 25.0 Å². The van der Waals surface area contributed by atoms with Crippen LogP contribution in [0.25, 0.3) is 0 Å².